The van der Waals surface area contributed by atoms with Crippen LogP contribution in [0.3, 0.4) is 0 Å². The van der Waals surface area contributed by atoms with Crippen LogP contribution in [0.25, 0.3) is 0 Å². The Bertz CT molecular complexity index is 1110. The topological polar surface area (TPSA) is 105 Å². The van der Waals surface area contributed by atoms with Crippen molar-refractivity contribution in [2.24, 2.45) is 11.8 Å². The minimum absolute atomic E-state index is 0.143. The summed E-state index contributed by atoms with van der Waals surface area (Å²) in [5, 5.41) is 21.6. The van der Waals surface area contributed by atoms with Gasteiger partial charge in [0, 0.05) is 36.1 Å². The lowest BCUT2D eigenvalue weighted by Crippen LogP contribution is -2.54. The zero-order chi connectivity index (χ0) is 25.8. The van der Waals surface area contributed by atoms with E-state index in [0.29, 0.717) is 45.5 Å². The number of carbonyl (C=O) groups is 1. The smallest absolute Gasteiger partial charge is 0.303 e. The van der Waals surface area contributed by atoms with Gasteiger partial charge in [0.2, 0.25) is 0 Å². The standard InChI is InChI=1S/C26H34Cl2N6O2/c1-16(29)25-26(31-17(2)21-8-7-20(27)11-22(21)28)32-23(12-30-25)34-14-19(15-34)18-5-3-9-33(13-18)10-4-6-24(35)36/h7-8,11-12,17-19,29H,3-6,9-10,13-15H2,1-2H3,(H,31,32)(H,35,36). The van der Waals surface area contributed by atoms with Gasteiger partial charge in [0.05, 0.1) is 18.0 Å². The molecule has 2 aliphatic heterocycles. The summed E-state index contributed by atoms with van der Waals surface area (Å²) < 4.78 is 0. The van der Waals surface area contributed by atoms with Crippen LogP contribution >= 0.6 is 23.2 Å². The summed E-state index contributed by atoms with van der Waals surface area (Å²) in [6.45, 7) is 8.54. The van der Waals surface area contributed by atoms with E-state index in [1.807, 2.05) is 19.1 Å². The van der Waals surface area contributed by atoms with Crippen LogP contribution in [0.5, 0.6) is 0 Å². The lowest BCUT2D eigenvalue weighted by Gasteiger charge is -2.47. The molecule has 3 heterocycles. The average molecular weight is 534 g/mol. The van der Waals surface area contributed by atoms with E-state index >= 15 is 0 Å². The first-order valence-corrected chi connectivity index (χ1v) is 13.3. The molecule has 4 rings (SSSR count). The summed E-state index contributed by atoms with van der Waals surface area (Å²) in [7, 11) is 0. The second-order valence-corrected chi connectivity index (χ2v) is 10.8. The summed E-state index contributed by atoms with van der Waals surface area (Å²) in [6, 6.07) is 5.28. The molecule has 1 aromatic carbocycles. The second kappa shape index (κ2) is 11.8. The van der Waals surface area contributed by atoms with Gasteiger partial charge in [-0.15, -0.1) is 0 Å². The van der Waals surface area contributed by atoms with Crippen molar-refractivity contribution < 1.29 is 9.90 Å². The van der Waals surface area contributed by atoms with Crippen LogP contribution in [0.15, 0.2) is 24.4 Å². The predicted octanol–water partition coefficient (Wildman–Crippen LogP) is 5.36. The Hall–Kier alpha value is -2.42. The number of halogens is 2. The van der Waals surface area contributed by atoms with Crippen LogP contribution in [0.2, 0.25) is 10.0 Å². The molecule has 2 aliphatic rings. The summed E-state index contributed by atoms with van der Waals surface area (Å²) in [4.78, 5) is 24.9. The maximum Gasteiger partial charge on any atom is 0.303 e. The first-order chi connectivity index (χ1) is 17.2. The van der Waals surface area contributed by atoms with Crippen molar-refractivity contribution in [1.29, 1.82) is 5.41 Å². The van der Waals surface area contributed by atoms with E-state index < -0.39 is 5.97 Å². The lowest BCUT2D eigenvalue weighted by atomic mass is 9.80. The molecule has 2 unspecified atom stereocenters. The van der Waals surface area contributed by atoms with Crippen molar-refractivity contribution in [3.8, 4) is 0 Å². The Kier molecular flexibility index (Phi) is 8.70. The molecule has 2 atom stereocenters. The molecule has 0 bridgehead atoms. The molecule has 0 spiro atoms. The molecule has 36 heavy (non-hydrogen) atoms. The highest BCUT2D eigenvalue weighted by atomic mass is 35.5. The molecule has 2 fully saturated rings. The number of aromatic nitrogens is 2. The third kappa shape index (κ3) is 6.47. The van der Waals surface area contributed by atoms with Crippen molar-refractivity contribution in [2.45, 2.75) is 45.6 Å². The number of benzene rings is 1. The number of nitrogens with zero attached hydrogens (tertiary/aromatic N) is 4. The van der Waals surface area contributed by atoms with E-state index in [4.69, 9.17) is 38.7 Å². The number of nitrogens with one attached hydrogen (secondary N) is 2. The minimum Gasteiger partial charge on any atom is -0.481 e. The van der Waals surface area contributed by atoms with Crippen LogP contribution in [-0.2, 0) is 4.79 Å². The van der Waals surface area contributed by atoms with Crippen molar-refractivity contribution in [3.63, 3.8) is 0 Å². The summed E-state index contributed by atoms with van der Waals surface area (Å²) in [5.74, 6) is 1.89. The molecular weight excluding hydrogens is 499 g/mol. The molecule has 8 nitrogen and oxygen atoms in total. The zero-order valence-electron chi connectivity index (χ0n) is 20.8. The van der Waals surface area contributed by atoms with Gasteiger partial charge in [0.25, 0.3) is 0 Å². The van der Waals surface area contributed by atoms with Gasteiger partial charge < -0.3 is 25.6 Å². The zero-order valence-corrected chi connectivity index (χ0v) is 22.3. The highest BCUT2D eigenvalue weighted by molar-refractivity contribution is 6.35. The molecule has 0 radical (unpaired) electrons. The normalized spacial score (nSPS) is 19.6. The second-order valence-electron chi connectivity index (χ2n) is 9.95. The predicted molar refractivity (Wildman–Crippen MR) is 145 cm³/mol. The quantitative estimate of drug-likeness (QED) is 0.353. The first kappa shape index (κ1) is 26.6. The Morgan fingerprint density at radius 2 is 2.06 bits per heavy atom. The van der Waals surface area contributed by atoms with Gasteiger partial charge in [-0.1, -0.05) is 29.3 Å². The highest BCUT2D eigenvalue weighted by Gasteiger charge is 2.36. The molecular formula is C26H34Cl2N6O2. The number of carboxylic acids is 1. The van der Waals surface area contributed by atoms with Crippen LogP contribution in [0.1, 0.15) is 56.8 Å². The first-order valence-electron chi connectivity index (χ1n) is 12.5. The van der Waals surface area contributed by atoms with Crippen molar-refractivity contribution in [2.75, 3.05) is 42.9 Å². The van der Waals surface area contributed by atoms with Crippen LogP contribution in [-0.4, -0.2) is 64.4 Å². The Balaban J connectivity index is 1.39. The van der Waals surface area contributed by atoms with E-state index in [1.54, 1.807) is 19.2 Å². The average Bonchev–Trinajstić information content (AvgIpc) is 2.78. The van der Waals surface area contributed by atoms with Crippen molar-refractivity contribution in [1.82, 2.24) is 14.9 Å². The van der Waals surface area contributed by atoms with Gasteiger partial charge >= 0.3 is 5.97 Å². The van der Waals surface area contributed by atoms with Gasteiger partial charge in [-0.25, -0.2) is 9.97 Å². The van der Waals surface area contributed by atoms with Crippen molar-refractivity contribution in [3.05, 3.63) is 45.7 Å². The maximum absolute atomic E-state index is 10.8. The molecule has 2 aromatic rings. The molecule has 10 heteroatoms. The van der Waals surface area contributed by atoms with Crippen LogP contribution < -0.4 is 10.2 Å². The number of hydrogen-bond acceptors (Lipinski definition) is 7. The molecule has 2 saturated heterocycles. The molecule has 194 valence electrons. The number of likely N-dealkylation sites (tertiary alicyclic amines) is 1. The minimum atomic E-state index is -0.719. The Morgan fingerprint density at radius 3 is 2.75 bits per heavy atom. The maximum atomic E-state index is 10.8. The third-order valence-corrected chi connectivity index (χ3v) is 7.77. The number of anilines is 2. The lowest BCUT2D eigenvalue weighted by molar-refractivity contribution is -0.137. The van der Waals surface area contributed by atoms with Gasteiger partial charge in [0.15, 0.2) is 5.82 Å². The SMILES string of the molecule is CC(=N)c1ncc(N2CC(C3CCCN(CCCC(=O)O)C3)C2)nc1NC(C)c1ccc(Cl)cc1Cl. The molecule has 0 aliphatic carbocycles. The number of aliphatic carboxylic acids is 1. The number of carboxylic acid groups (broad SMARTS) is 1. The Labute approximate surface area is 222 Å². The number of hydrogen-bond donors (Lipinski definition) is 3. The molecule has 0 amide bonds. The van der Waals surface area contributed by atoms with Gasteiger partial charge in [-0.05, 0) is 75.7 Å². The van der Waals surface area contributed by atoms with Gasteiger partial charge in [0.1, 0.15) is 11.5 Å². The summed E-state index contributed by atoms with van der Waals surface area (Å²) >= 11 is 12.5. The fourth-order valence-electron chi connectivity index (χ4n) is 5.17. The monoisotopic (exact) mass is 532 g/mol. The van der Waals surface area contributed by atoms with E-state index in [9.17, 15) is 4.79 Å². The van der Waals surface area contributed by atoms with Gasteiger partial charge in [-0.2, -0.15) is 0 Å². The Morgan fingerprint density at radius 1 is 1.28 bits per heavy atom. The van der Waals surface area contributed by atoms with Crippen LogP contribution in [0, 0.1) is 17.2 Å². The summed E-state index contributed by atoms with van der Waals surface area (Å²) in [5.41, 5.74) is 1.77. The van der Waals surface area contributed by atoms with E-state index in [0.717, 1.165) is 44.1 Å². The molecule has 3 N–H and O–H groups in total. The number of rotatable bonds is 10. The van der Waals surface area contributed by atoms with E-state index in [1.165, 1.54) is 12.8 Å². The fourth-order valence-corrected chi connectivity index (χ4v) is 5.75. The third-order valence-electron chi connectivity index (χ3n) is 7.20. The van der Waals surface area contributed by atoms with Crippen LogP contribution in [0.4, 0.5) is 11.6 Å². The van der Waals surface area contributed by atoms with E-state index in [-0.39, 0.29) is 12.5 Å². The van der Waals surface area contributed by atoms with Gasteiger partial charge in [-0.3, -0.25) is 4.79 Å². The molecule has 1 aromatic heterocycles. The highest BCUT2D eigenvalue weighted by Crippen LogP contribution is 2.34. The largest absolute Gasteiger partial charge is 0.481 e. The fraction of sp³-hybridized carbons (Fsp3) is 0.538. The van der Waals surface area contributed by atoms with E-state index in [2.05, 4.69) is 20.1 Å². The van der Waals surface area contributed by atoms with Crippen molar-refractivity contribution >= 4 is 46.5 Å². The molecule has 0 saturated carbocycles. The number of piperidine rings is 1. The summed E-state index contributed by atoms with van der Waals surface area (Å²) in [6.07, 6.45) is 5.09.